The van der Waals surface area contributed by atoms with Crippen LogP contribution in [0.1, 0.15) is 57.9 Å². The molecule has 0 unspecified atom stereocenters. The van der Waals surface area contributed by atoms with Crippen LogP contribution >= 0.6 is 22.9 Å². The number of halogens is 3. The van der Waals surface area contributed by atoms with Gasteiger partial charge in [0.15, 0.2) is 5.82 Å². The third kappa shape index (κ3) is 6.09. The second-order valence-corrected chi connectivity index (χ2v) is 12.3. The maximum Gasteiger partial charge on any atom is 0.407 e. The summed E-state index contributed by atoms with van der Waals surface area (Å²) >= 11 is 7.60. The van der Waals surface area contributed by atoms with Crippen molar-refractivity contribution in [2.45, 2.75) is 58.2 Å². The quantitative estimate of drug-likeness (QED) is 0.194. The van der Waals surface area contributed by atoms with E-state index >= 15 is 4.39 Å². The SMILES string of the molecule is COc1c(Cl)c(F)c(-c2cc(C)nc(C)c2)c(C(=O)c2cc3cccc(F)c3s2)c1CNC1CCC(N(C)C(=O)O)CC1. The molecule has 0 spiro atoms. The fourth-order valence-electron chi connectivity index (χ4n) is 5.93. The molecule has 2 heterocycles. The van der Waals surface area contributed by atoms with E-state index in [2.05, 4.69) is 10.3 Å². The molecule has 0 radical (unpaired) electrons. The molecule has 1 fully saturated rings. The summed E-state index contributed by atoms with van der Waals surface area (Å²) < 4.78 is 36.8. The molecule has 0 aliphatic heterocycles. The second-order valence-electron chi connectivity index (χ2n) is 10.9. The number of hydrogen-bond donors (Lipinski definition) is 2. The van der Waals surface area contributed by atoms with Crippen molar-refractivity contribution in [1.29, 1.82) is 0 Å². The number of ether oxygens (including phenoxy) is 1. The molecule has 226 valence electrons. The molecule has 0 atom stereocenters. The monoisotopic (exact) mass is 627 g/mol. The highest BCUT2D eigenvalue weighted by Crippen LogP contribution is 2.44. The molecule has 1 aliphatic carbocycles. The Kier molecular flexibility index (Phi) is 9.01. The van der Waals surface area contributed by atoms with Crippen molar-refractivity contribution in [3.8, 4) is 16.9 Å². The lowest BCUT2D eigenvalue weighted by Crippen LogP contribution is -2.42. The lowest BCUT2D eigenvalue weighted by Gasteiger charge is -2.34. The van der Waals surface area contributed by atoms with E-state index in [0.29, 0.717) is 58.3 Å². The van der Waals surface area contributed by atoms with E-state index < -0.39 is 23.5 Å². The summed E-state index contributed by atoms with van der Waals surface area (Å²) in [5.41, 5.74) is 2.25. The van der Waals surface area contributed by atoms with Gasteiger partial charge in [0, 0.05) is 53.8 Å². The third-order valence-corrected chi connectivity index (χ3v) is 9.57. The van der Waals surface area contributed by atoms with Gasteiger partial charge in [0.05, 0.1) is 16.7 Å². The van der Waals surface area contributed by atoms with E-state index in [4.69, 9.17) is 16.3 Å². The molecule has 2 aromatic heterocycles. The van der Waals surface area contributed by atoms with Gasteiger partial charge in [-0.3, -0.25) is 9.78 Å². The van der Waals surface area contributed by atoms with Crippen LogP contribution in [-0.2, 0) is 6.54 Å². The molecule has 1 amide bonds. The highest BCUT2D eigenvalue weighted by molar-refractivity contribution is 7.21. The Morgan fingerprint density at radius 2 is 1.81 bits per heavy atom. The van der Waals surface area contributed by atoms with Crippen molar-refractivity contribution in [2.24, 2.45) is 0 Å². The Bertz CT molecular complexity index is 1700. The number of carboxylic acid groups (broad SMARTS) is 1. The Morgan fingerprint density at radius 1 is 1.14 bits per heavy atom. The van der Waals surface area contributed by atoms with E-state index in [-0.39, 0.29) is 45.4 Å². The topological polar surface area (TPSA) is 91.8 Å². The largest absolute Gasteiger partial charge is 0.495 e. The number of nitrogens with one attached hydrogen (secondary N) is 1. The number of pyridine rings is 1. The summed E-state index contributed by atoms with van der Waals surface area (Å²) in [4.78, 5) is 31.8. The van der Waals surface area contributed by atoms with Gasteiger partial charge in [-0.15, -0.1) is 11.3 Å². The smallest absolute Gasteiger partial charge is 0.407 e. The number of carbonyl (C=O) groups excluding carboxylic acids is 1. The number of aryl methyl sites for hydroxylation is 2. The van der Waals surface area contributed by atoms with Crippen LogP contribution in [0.5, 0.6) is 5.75 Å². The van der Waals surface area contributed by atoms with Gasteiger partial charge in [-0.25, -0.2) is 13.6 Å². The summed E-state index contributed by atoms with van der Waals surface area (Å²) in [5, 5.41) is 13.2. The molecule has 43 heavy (non-hydrogen) atoms. The van der Waals surface area contributed by atoms with Crippen LogP contribution < -0.4 is 10.1 Å². The van der Waals surface area contributed by atoms with E-state index in [1.165, 1.54) is 18.1 Å². The Labute approximate surface area is 257 Å². The van der Waals surface area contributed by atoms with E-state index in [9.17, 15) is 19.1 Å². The van der Waals surface area contributed by atoms with Crippen LogP contribution in [0.2, 0.25) is 5.02 Å². The van der Waals surface area contributed by atoms with Gasteiger partial charge in [0.25, 0.3) is 0 Å². The molecule has 1 saturated carbocycles. The standard InChI is InChI=1S/C32H32ClF2N3O4S/c1-16-12-19(13-17(2)37-16)25-26(29(39)24-14-18-6-5-7-23(34)31(18)43-24)22(30(42-4)27(33)28(25)35)15-36-20-8-10-21(11-9-20)38(3)32(40)41/h5-7,12-14,20-21,36H,8-11,15H2,1-4H3,(H,40,41). The summed E-state index contributed by atoms with van der Waals surface area (Å²) in [7, 11) is 2.95. The van der Waals surface area contributed by atoms with Crippen LogP contribution in [0.4, 0.5) is 13.6 Å². The van der Waals surface area contributed by atoms with Crippen LogP contribution in [-0.4, -0.2) is 53.1 Å². The highest BCUT2D eigenvalue weighted by Gasteiger charge is 2.32. The number of amides is 1. The first-order valence-corrected chi connectivity index (χ1v) is 15.1. The number of rotatable bonds is 8. The molecule has 4 aromatic rings. The first-order valence-electron chi connectivity index (χ1n) is 14.0. The summed E-state index contributed by atoms with van der Waals surface area (Å²) in [5.74, 6) is -1.65. The molecule has 1 aliphatic rings. The predicted octanol–water partition coefficient (Wildman–Crippen LogP) is 7.76. The van der Waals surface area contributed by atoms with Crippen molar-refractivity contribution in [1.82, 2.24) is 15.2 Å². The number of thiophene rings is 1. The average Bonchev–Trinajstić information content (AvgIpc) is 3.42. The van der Waals surface area contributed by atoms with Gasteiger partial charge < -0.3 is 20.1 Å². The maximum absolute atomic E-state index is 16.2. The molecule has 5 rings (SSSR count). The number of fused-ring (bicyclic) bond motifs is 1. The van der Waals surface area contributed by atoms with E-state index in [0.717, 1.165) is 11.3 Å². The maximum atomic E-state index is 16.2. The Morgan fingerprint density at radius 3 is 2.42 bits per heavy atom. The number of hydrogen-bond acceptors (Lipinski definition) is 6. The molecule has 0 bridgehead atoms. The van der Waals surface area contributed by atoms with Crippen molar-refractivity contribution >= 4 is 44.9 Å². The molecule has 2 aromatic carbocycles. The number of methoxy groups -OCH3 is 1. The first-order chi connectivity index (χ1) is 20.5. The minimum Gasteiger partial charge on any atom is -0.495 e. The summed E-state index contributed by atoms with van der Waals surface area (Å²) in [6.45, 7) is 3.72. The highest BCUT2D eigenvalue weighted by atomic mass is 35.5. The Hall–Kier alpha value is -3.60. The van der Waals surface area contributed by atoms with Gasteiger partial charge in [-0.05, 0) is 74.7 Å². The van der Waals surface area contributed by atoms with Gasteiger partial charge in [-0.2, -0.15) is 0 Å². The Balaban J connectivity index is 1.62. The molecular formula is C32H32ClF2N3O4S. The van der Waals surface area contributed by atoms with E-state index in [1.54, 1.807) is 51.2 Å². The number of benzene rings is 2. The number of aromatic nitrogens is 1. The van der Waals surface area contributed by atoms with Crippen molar-refractivity contribution in [2.75, 3.05) is 14.2 Å². The zero-order valence-electron chi connectivity index (χ0n) is 24.3. The van der Waals surface area contributed by atoms with Gasteiger partial charge >= 0.3 is 6.09 Å². The average molecular weight is 628 g/mol. The van der Waals surface area contributed by atoms with Crippen LogP contribution in [0.25, 0.3) is 21.2 Å². The first kappa shape index (κ1) is 30.8. The number of nitrogens with zero attached hydrogens (tertiary/aromatic N) is 2. The van der Waals surface area contributed by atoms with Gasteiger partial charge in [0.1, 0.15) is 16.6 Å². The molecule has 7 nitrogen and oxygen atoms in total. The predicted molar refractivity (Wildman–Crippen MR) is 165 cm³/mol. The molecule has 2 N–H and O–H groups in total. The van der Waals surface area contributed by atoms with Gasteiger partial charge in [-0.1, -0.05) is 23.7 Å². The van der Waals surface area contributed by atoms with Crippen LogP contribution in [0.15, 0.2) is 36.4 Å². The van der Waals surface area contributed by atoms with Crippen molar-refractivity contribution in [3.05, 3.63) is 80.4 Å². The lowest BCUT2D eigenvalue weighted by atomic mass is 9.88. The van der Waals surface area contributed by atoms with Crippen LogP contribution in [0.3, 0.4) is 0 Å². The second kappa shape index (κ2) is 12.6. The third-order valence-electron chi connectivity index (χ3n) is 8.07. The lowest BCUT2D eigenvalue weighted by molar-refractivity contribution is 0.104. The van der Waals surface area contributed by atoms with Gasteiger partial charge in [0.2, 0.25) is 5.78 Å². The molecule has 0 saturated heterocycles. The zero-order chi connectivity index (χ0) is 31.0. The summed E-state index contributed by atoms with van der Waals surface area (Å²) in [6.07, 6.45) is 1.84. The van der Waals surface area contributed by atoms with Crippen molar-refractivity contribution in [3.63, 3.8) is 0 Å². The minimum atomic E-state index is -0.958. The minimum absolute atomic E-state index is 0.0298. The van der Waals surface area contributed by atoms with E-state index in [1.807, 2.05) is 0 Å². The fraction of sp³-hybridized carbons (Fsp3) is 0.344. The fourth-order valence-corrected chi connectivity index (χ4v) is 7.23. The normalized spacial score (nSPS) is 16.8. The molecular weight excluding hydrogens is 596 g/mol. The molecule has 11 heteroatoms. The number of carbonyl (C=O) groups is 2. The number of ketones is 1. The van der Waals surface area contributed by atoms with Crippen LogP contribution in [0, 0.1) is 25.5 Å². The zero-order valence-corrected chi connectivity index (χ0v) is 25.8. The van der Waals surface area contributed by atoms with Crippen molar-refractivity contribution < 1.29 is 28.2 Å². The summed E-state index contributed by atoms with van der Waals surface area (Å²) in [6, 6.07) is 9.63.